The second kappa shape index (κ2) is 6.09. The first-order chi connectivity index (χ1) is 8.25. The molecule has 0 saturated carbocycles. The van der Waals surface area contributed by atoms with Crippen molar-refractivity contribution in [3.8, 4) is 0 Å². The molecule has 2 rings (SSSR count). The molecule has 2 aromatic rings. The van der Waals surface area contributed by atoms with Crippen molar-refractivity contribution in [2.45, 2.75) is 20.8 Å². The summed E-state index contributed by atoms with van der Waals surface area (Å²) in [5.74, 6) is 0. The van der Waals surface area contributed by atoms with Gasteiger partial charge in [0.25, 0.3) is 0 Å². The molecule has 0 fully saturated rings. The second-order valence-electron chi connectivity index (χ2n) is 3.67. The van der Waals surface area contributed by atoms with Gasteiger partial charge in [0.15, 0.2) is 0 Å². The van der Waals surface area contributed by atoms with Crippen molar-refractivity contribution < 1.29 is 0 Å². The molecular formula is C16H21N. The number of hydrogen-bond donors (Lipinski definition) is 0. The molecular weight excluding hydrogens is 206 g/mol. The molecule has 0 amide bonds. The van der Waals surface area contributed by atoms with Gasteiger partial charge in [0, 0.05) is 29.2 Å². The highest BCUT2D eigenvalue weighted by Crippen LogP contribution is 2.25. The first-order valence-electron chi connectivity index (χ1n) is 6.09. The van der Waals surface area contributed by atoms with Crippen molar-refractivity contribution in [3.05, 3.63) is 54.3 Å². The SMILES string of the molecule is C=C/C=C\c1c(C)n(C)c2ccccc12.CC. The molecule has 0 bridgehead atoms. The zero-order chi connectivity index (χ0) is 12.8. The fourth-order valence-electron chi connectivity index (χ4n) is 1.92. The van der Waals surface area contributed by atoms with E-state index >= 15 is 0 Å². The zero-order valence-corrected chi connectivity index (χ0v) is 11.2. The summed E-state index contributed by atoms with van der Waals surface area (Å²) in [5.41, 5.74) is 3.85. The Morgan fingerprint density at radius 3 is 2.47 bits per heavy atom. The van der Waals surface area contributed by atoms with Crippen LogP contribution in [0.2, 0.25) is 0 Å². The van der Waals surface area contributed by atoms with Crippen molar-refractivity contribution in [2.24, 2.45) is 7.05 Å². The monoisotopic (exact) mass is 227 g/mol. The molecule has 17 heavy (non-hydrogen) atoms. The van der Waals surface area contributed by atoms with E-state index in [1.54, 1.807) is 6.08 Å². The lowest BCUT2D eigenvalue weighted by molar-refractivity contribution is 0.916. The molecule has 0 spiro atoms. The van der Waals surface area contributed by atoms with Gasteiger partial charge in [0.05, 0.1) is 0 Å². The molecule has 0 saturated heterocycles. The van der Waals surface area contributed by atoms with Crippen molar-refractivity contribution in [3.63, 3.8) is 0 Å². The van der Waals surface area contributed by atoms with E-state index in [1.165, 1.54) is 22.2 Å². The number of benzene rings is 1. The number of rotatable bonds is 2. The van der Waals surface area contributed by atoms with E-state index in [0.29, 0.717) is 0 Å². The standard InChI is InChI=1S/C14H15N.C2H6/c1-4-5-8-12-11(2)15(3)14-10-7-6-9-13(12)14;1-2/h4-10H,1H2,2-3H3;1-2H3/b8-5-;. The topological polar surface area (TPSA) is 4.93 Å². The maximum absolute atomic E-state index is 3.70. The highest BCUT2D eigenvalue weighted by molar-refractivity contribution is 5.91. The molecule has 0 radical (unpaired) electrons. The van der Waals surface area contributed by atoms with Gasteiger partial charge in [-0.2, -0.15) is 0 Å². The summed E-state index contributed by atoms with van der Waals surface area (Å²) in [5, 5.41) is 1.30. The number of hydrogen-bond acceptors (Lipinski definition) is 0. The molecule has 0 unspecified atom stereocenters. The van der Waals surface area contributed by atoms with Crippen LogP contribution in [-0.4, -0.2) is 4.57 Å². The Morgan fingerprint density at radius 1 is 1.18 bits per heavy atom. The lowest BCUT2D eigenvalue weighted by Gasteiger charge is -1.97. The molecule has 1 heterocycles. The normalized spacial score (nSPS) is 10.4. The molecule has 1 aromatic carbocycles. The molecule has 1 heteroatoms. The minimum Gasteiger partial charge on any atom is -0.347 e. The van der Waals surface area contributed by atoms with E-state index in [1.807, 2.05) is 19.9 Å². The lowest BCUT2D eigenvalue weighted by atomic mass is 10.1. The van der Waals surface area contributed by atoms with Crippen molar-refractivity contribution >= 4 is 17.0 Å². The minimum absolute atomic E-state index is 1.28. The maximum Gasteiger partial charge on any atom is 0.0486 e. The predicted octanol–water partition coefficient (Wildman–Crippen LogP) is 4.71. The number of allylic oxidation sites excluding steroid dienone is 2. The van der Waals surface area contributed by atoms with Crippen molar-refractivity contribution in [2.75, 3.05) is 0 Å². The fraction of sp³-hybridized carbons (Fsp3) is 0.250. The van der Waals surface area contributed by atoms with Crippen LogP contribution in [0.4, 0.5) is 0 Å². The molecule has 1 aromatic heterocycles. The summed E-state index contributed by atoms with van der Waals surface area (Å²) in [6, 6.07) is 8.45. The highest BCUT2D eigenvalue weighted by atomic mass is 14.9. The van der Waals surface area contributed by atoms with Crippen LogP contribution in [0.3, 0.4) is 0 Å². The molecule has 0 aliphatic heterocycles. The van der Waals surface area contributed by atoms with Gasteiger partial charge in [-0.25, -0.2) is 0 Å². The van der Waals surface area contributed by atoms with E-state index in [2.05, 4.69) is 55.5 Å². The number of para-hydroxylation sites is 1. The summed E-state index contributed by atoms with van der Waals surface area (Å²) < 4.78 is 2.22. The van der Waals surface area contributed by atoms with Crippen LogP contribution in [0.1, 0.15) is 25.1 Å². The van der Waals surface area contributed by atoms with Crippen molar-refractivity contribution in [1.29, 1.82) is 0 Å². The summed E-state index contributed by atoms with van der Waals surface area (Å²) in [6.45, 7) is 9.84. The Balaban J connectivity index is 0.000000686. The maximum atomic E-state index is 3.70. The largest absolute Gasteiger partial charge is 0.347 e. The third-order valence-corrected chi connectivity index (χ3v) is 2.85. The van der Waals surface area contributed by atoms with Gasteiger partial charge in [-0.3, -0.25) is 0 Å². The van der Waals surface area contributed by atoms with E-state index in [0.717, 1.165) is 0 Å². The molecule has 0 aliphatic carbocycles. The minimum atomic E-state index is 1.28. The third-order valence-electron chi connectivity index (χ3n) is 2.85. The van der Waals surface area contributed by atoms with Gasteiger partial charge in [-0.05, 0) is 13.0 Å². The number of nitrogens with zero attached hydrogens (tertiary/aromatic N) is 1. The van der Waals surface area contributed by atoms with Crippen LogP contribution in [0.25, 0.3) is 17.0 Å². The van der Waals surface area contributed by atoms with Crippen LogP contribution in [0.5, 0.6) is 0 Å². The summed E-state index contributed by atoms with van der Waals surface area (Å²) in [6.07, 6.45) is 5.90. The average molecular weight is 227 g/mol. The number of aromatic nitrogens is 1. The summed E-state index contributed by atoms with van der Waals surface area (Å²) >= 11 is 0. The van der Waals surface area contributed by atoms with Crippen LogP contribution >= 0.6 is 0 Å². The average Bonchev–Trinajstić information content (AvgIpc) is 2.63. The fourth-order valence-corrected chi connectivity index (χ4v) is 1.92. The van der Waals surface area contributed by atoms with E-state index < -0.39 is 0 Å². The quantitative estimate of drug-likeness (QED) is 0.655. The zero-order valence-electron chi connectivity index (χ0n) is 11.2. The van der Waals surface area contributed by atoms with Gasteiger partial charge in [-0.1, -0.05) is 56.9 Å². The van der Waals surface area contributed by atoms with Crippen LogP contribution in [0, 0.1) is 6.92 Å². The van der Waals surface area contributed by atoms with E-state index in [9.17, 15) is 0 Å². The van der Waals surface area contributed by atoms with Gasteiger partial charge < -0.3 is 4.57 Å². The van der Waals surface area contributed by atoms with Crippen molar-refractivity contribution in [1.82, 2.24) is 4.57 Å². The van der Waals surface area contributed by atoms with Crippen LogP contribution in [0.15, 0.2) is 43.0 Å². The smallest absolute Gasteiger partial charge is 0.0486 e. The summed E-state index contributed by atoms with van der Waals surface area (Å²) in [4.78, 5) is 0. The Kier molecular flexibility index (Phi) is 4.77. The van der Waals surface area contributed by atoms with Crippen LogP contribution in [-0.2, 0) is 7.05 Å². The second-order valence-corrected chi connectivity index (χ2v) is 3.67. The van der Waals surface area contributed by atoms with Gasteiger partial charge in [0.1, 0.15) is 0 Å². The Bertz CT molecular complexity index is 530. The Hall–Kier alpha value is -1.76. The van der Waals surface area contributed by atoms with E-state index in [-0.39, 0.29) is 0 Å². The number of aryl methyl sites for hydroxylation is 1. The summed E-state index contributed by atoms with van der Waals surface area (Å²) in [7, 11) is 2.10. The molecule has 0 aliphatic rings. The molecule has 90 valence electrons. The van der Waals surface area contributed by atoms with Gasteiger partial charge in [-0.15, -0.1) is 0 Å². The van der Waals surface area contributed by atoms with Crippen LogP contribution < -0.4 is 0 Å². The first-order valence-corrected chi connectivity index (χ1v) is 6.09. The van der Waals surface area contributed by atoms with E-state index in [4.69, 9.17) is 0 Å². The molecule has 0 N–H and O–H groups in total. The predicted molar refractivity (Wildman–Crippen MR) is 78.2 cm³/mol. The Labute approximate surface area is 104 Å². The third kappa shape index (κ3) is 2.50. The Morgan fingerprint density at radius 2 is 1.82 bits per heavy atom. The molecule has 1 nitrogen and oxygen atoms in total. The lowest BCUT2D eigenvalue weighted by Crippen LogP contribution is -1.89. The van der Waals surface area contributed by atoms with Gasteiger partial charge in [0.2, 0.25) is 0 Å². The highest BCUT2D eigenvalue weighted by Gasteiger charge is 2.07. The van der Waals surface area contributed by atoms with Gasteiger partial charge >= 0.3 is 0 Å². The number of fused-ring (bicyclic) bond motifs is 1. The molecule has 0 atom stereocenters. The first kappa shape index (κ1) is 13.3.